The van der Waals surface area contributed by atoms with E-state index in [1.807, 2.05) is 11.6 Å². The monoisotopic (exact) mass is 229 g/mol. The van der Waals surface area contributed by atoms with Crippen LogP contribution >= 0.6 is 11.6 Å². The molecule has 1 aromatic rings. The molecule has 2 N–H and O–H groups in total. The summed E-state index contributed by atoms with van der Waals surface area (Å²) in [4.78, 5) is 0. The highest BCUT2D eigenvalue weighted by Gasteiger charge is 2.34. The maximum absolute atomic E-state index is 6.02. The molecular weight excluding hydrogens is 214 g/mol. The lowest BCUT2D eigenvalue weighted by Gasteiger charge is -2.17. The quantitative estimate of drug-likeness (QED) is 0.860. The van der Waals surface area contributed by atoms with E-state index >= 15 is 0 Å². The van der Waals surface area contributed by atoms with Crippen molar-refractivity contribution in [2.75, 3.05) is 19.5 Å². The van der Waals surface area contributed by atoms with Gasteiger partial charge in [-0.05, 0) is 25.7 Å². The maximum atomic E-state index is 6.02. The van der Waals surface area contributed by atoms with Gasteiger partial charge in [0, 0.05) is 7.11 Å². The van der Waals surface area contributed by atoms with Gasteiger partial charge in [-0.1, -0.05) is 11.6 Å². The van der Waals surface area contributed by atoms with Crippen LogP contribution in [0.5, 0.6) is 0 Å². The predicted molar refractivity (Wildman–Crippen MR) is 60.0 cm³/mol. The molecule has 4 nitrogen and oxygen atoms in total. The van der Waals surface area contributed by atoms with E-state index in [2.05, 4.69) is 5.10 Å². The first kappa shape index (κ1) is 10.8. The Morgan fingerprint density at radius 3 is 2.73 bits per heavy atom. The van der Waals surface area contributed by atoms with Gasteiger partial charge in [0.1, 0.15) is 10.8 Å². The van der Waals surface area contributed by atoms with Gasteiger partial charge in [-0.3, -0.25) is 0 Å². The fraction of sp³-hybridized carbons (Fsp3) is 0.700. The Labute approximate surface area is 94.3 Å². The minimum Gasteiger partial charge on any atom is -0.383 e. The molecule has 0 saturated heterocycles. The second-order valence-electron chi connectivity index (χ2n) is 4.09. The van der Waals surface area contributed by atoms with Crippen LogP contribution in [0.25, 0.3) is 0 Å². The van der Waals surface area contributed by atoms with Crippen LogP contribution in [0.1, 0.15) is 24.6 Å². The van der Waals surface area contributed by atoms with Crippen LogP contribution in [-0.4, -0.2) is 23.5 Å². The highest BCUT2D eigenvalue weighted by Crippen LogP contribution is 2.41. The first-order chi connectivity index (χ1) is 7.15. The Morgan fingerprint density at radius 2 is 2.33 bits per heavy atom. The van der Waals surface area contributed by atoms with Crippen molar-refractivity contribution in [2.45, 2.75) is 25.8 Å². The van der Waals surface area contributed by atoms with E-state index in [-0.39, 0.29) is 6.04 Å². The summed E-state index contributed by atoms with van der Waals surface area (Å²) in [6.07, 6.45) is 2.45. The molecule has 1 unspecified atom stereocenters. The minimum absolute atomic E-state index is 0.237. The van der Waals surface area contributed by atoms with E-state index in [0.717, 1.165) is 5.69 Å². The topological polar surface area (TPSA) is 53.1 Å². The van der Waals surface area contributed by atoms with Crippen molar-refractivity contribution in [1.29, 1.82) is 0 Å². The Bertz CT molecular complexity index is 360. The molecule has 1 aliphatic rings. The number of halogens is 1. The lowest BCUT2D eigenvalue weighted by Crippen LogP contribution is -2.19. The number of aryl methyl sites for hydroxylation is 1. The molecule has 1 fully saturated rings. The average molecular weight is 230 g/mol. The number of methoxy groups -OCH3 is 1. The number of aromatic nitrogens is 2. The molecule has 0 aromatic carbocycles. The van der Waals surface area contributed by atoms with Crippen molar-refractivity contribution in [2.24, 2.45) is 5.92 Å². The van der Waals surface area contributed by atoms with E-state index in [9.17, 15) is 0 Å². The fourth-order valence-corrected chi connectivity index (χ4v) is 1.98. The largest absolute Gasteiger partial charge is 0.383 e. The summed E-state index contributed by atoms with van der Waals surface area (Å²) in [5.41, 5.74) is 6.70. The molecule has 0 bridgehead atoms. The molecule has 1 atom stereocenters. The van der Waals surface area contributed by atoms with Crippen LogP contribution in [0.15, 0.2) is 0 Å². The van der Waals surface area contributed by atoms with Crippen molar-refractivity contribution < 1.29 is 4.74 Å². The number of hydrogen-bond acceptors (Lipinski definition) is 3. The van der Waals surface area contributed by atoms with Gasteiger partial charge in [0.05, 0.1) is 18.3 Å². The number of ether oxygens (including phenoxy) is 1. The van der Waals surface area contributed by atoms with Crippen LogP contribution < -0.4 is 5.73 Å². The van der Waals surface area contributed by atoms with Crippen LogP contribution in [0, 0.1) is 12.8 Å². The predicted octanol–water partition coefficient (Wildman–Crippen LogP) is 2.02. The number of nitrogen functional groups attached to an aromatic ring is 1. The number of nitrogens with zero attached hydrogens (tertiary/aromatic N) is 2. The van der Waals surface area contributed by atoms with Crippen LogP contribution in [-0.2, 0) is 4.74 Å². The summed E-state index contributed by atoms with van der Waals surface area (Å²) in [6, 6.07) is 0.237. The third-order valence-corrected chi connectivity index (χ3v) is 3.33. The second-order valence-corrected chi connectivity index (χ2v) is 4.47. The van der Waals surface area contributed by atoms with Gasteiger partial charge in [-0.15, -0.1) is 0 Å². The molecule has 0 amide bonds. The standard InChI is InChI=1S/C10H16ClN3O/c1-6-9(11)10(12)14(13-6)8(5-15-2)7-3-4-7/h7-8H,3-5,12H2,1-2H3. The summed E-state index contributed by atoms with van der Waals surface area (Å²) < 4.78 is 7.02. The Morgan fingerprint density at radius 1 is 1.67 bits per heavy atom. The van der Waals surface area contributed by atoms with Gasteiger partial charge in [0.15, 0.2) is 0 Å². The summed E-state index contributed by atoms with van der Waals surface area (Å²) in [5.74, 6) is 1.20. The smallest absolute Gasteiger partial charge is 0.141 e. The zero-order valence-electron chi connectivity index (χ0n) is 9.03. The summed E-state index contributed by atoms with van der Waals surface area (Å²) in [6.45, 7) is 2.51. The lowest BCUT2D eigenvalue weighted by molar-refractivity contribution is 0.140. The van der Waals surface area contributed by atoms with Gasteiger partial charge in [-0.25, -0.2) is 4.68 Å². The molecule has 1 aromatic heterocycles. The highest BCUT2D eigenvalue weighted by atomic mass is 35.5. The zero-order chi connectivity index (χ0) is 11.0. The molecule has 2 rings (SSSR count). The minimum atomic E-state index is 0.237. The summed E-state index contributed by atoms with van der Waals surface area (Å²) in [7, 11) is 1.70. The van der Waals surface area contributed by atoms with Gasteiger partial charge >= 0.3 is 0 Å². The molecule has 0 radical (unpaired) electrons. The van der Waals surface area contributed by atoms with Crippen molar-refractivity contribution in [3.05, 3.63) is 10.7 Å². The van der Waals surface area contributed by atoms with E-state index in [4.69, 9.17) is 22.1 Å². The van der Waals surface area contributed by atoms with Crippen LogP contribution in [0.2, 0.25) is 5.02 Å². The third kappa shape index (κ3) is 1.96. The Hall–Kier alpha value is -0.740. The summed E-state index contributed by atoms with van der Waals surface area (Å²) >= 11 is 6.02. The van der Waals surface area contributed by atoms with Crippen LogP contribution in [0.4, 0.5) is 5.82 Å². The first-order valence-electron chi connectivity index (χ1n) is 5.14. The van der Waals surface area contributed by atoms with Crippen molar-refractivity contribution in [1.82, 2.24) is 9.78 Å². The normalized spacial score (nSPS) is 18.1. The van der Waals surface area contributed by atoms with Crippen molar-refractivity contribution in [3.63, 3.8) is 0 Å². The van der Waals surface area contributed by atoms with E-state index in [1.54, 1.807) is 7.11 Å². The Balaban J connectivity index is 2.28. The van der Waals surface area contributed by atoms with Crippen molar-refractivity contribution >= 4 is 17.4 Å². The van der Waals surface area contributed by atoms with Gasteiger partial charge in [-0.2, -0.15) is 5.10 Å². The first-order valence-corrected chi connectivity index (χ1v) is 5.52. The van der Waals surface area contributed by atoms with Gasteiger partial charge < -0.3 is 10.5 Å². The molecule has 15 heavy (non-hydrogen) atoms. The maximum Gasteiger partial charge on any atom is 0.141 e. The fourth-order valence-electron chi connectivity index (χ4n) is 1.86. The number of hydrogen-bond donors (Lipinski definition) is 1. The van der Waals surface area contributed by atoms with Gasteiger partial charge in [0.2, 0.25) is 0 Å². The number of rotatable bonds is 4. The van der Waals surface area contributed by atoms with E-state index < -0.39 is 0 Å². The van der Waals surface area contributed by atoms with Gasteiger partial charge in [0.25, 0.3) is 0 Å². The summed E-state index contributed by atoms with van der Waals surface area (Å²) in [5, 5.41) is 4.94. The third-order valence-electron chi connectivity index (χ3n) is 2.86. The highest BCUT2D eigenvalue weighted by molar-refractivity contribution is 6.33. The molecule has 1 heterocycles. The number of nitrogens with two attached hydrogens (primary N) is 1. The molecule has 1 aliphatic carbocycles. The van der Waals surface area contributed by atoms with Crippen molar-refractivity contribution in [3.8, 4) is 0 Å². The molecule has 0 aliphatic heterocycles. The molecular formula is C10H16ClN3O. The molecule has 1 saturated carbocycles. The zero-order valence-corrected chi connectivity index (χ0v) is 9.79. The van der Waals surface area contributed by atoms with Crippen LogP contribution in [0.3, 0.4) is 0 Å². The second kappa shape index (κ2) is 4.02. The number of anilines is 1. The van der Waals surface area contributed by atoms with E-state index in [0.29, 0.717) is 23.4 Å². The Kier molecular flexibility index (Phi) is 2.89. The molecule has 84 valence electrons. The molecule has 0 spiro atoms. The van der Waals surface area contributed by atoms with E-state index in [1.165, 1.54) is 12.8 Å². The molecule has 5 heteroatoms. The average Bonchev–Trinajstić information content (AvgIpc) is 3.00. The SMILES string of the molecule is COCC(C1CC1)n1nc(C)c(Cl)c1N. The lowest BCUT2D eigenvalue weighted by atomic mass is 10.2.